The van der Waals surface area contributed by atoms with Gasteiger partial charge in [-0.15, -0.1) is 0 Å². The molecule has 1 unspecified atom stereocenters. The van der Waals surface area contributed by atoms with Crippen LogP contribution in [0.1, 0.15) is 19.3 Å². The third-order valence-electron chi connectivity index (χ3n) is 4.49. The number of hydrogen-bond acceptors (Lipinski definition) is 5. The number of aromatic nitrogens is 2. The van der Waals surface area contributed by atoms with Gasteiger partial charge in [-0.25, -0.2) is 0 Å². The van der Waals surface area contributed by atoms with Gasteiger partial charge in [0.05, 0.1) is 19.7 Å². The second-order valence-corrected chi connectivity index (χ2v) is 6.64. The molecule has 0 aliphatic heterocycles. The zero-order valence-electron chi connectivity index (χ0n) is 15.3. The number of hydrogen-bond donors (Lipinski definition) is 2. The molecule has 8 heteroatoms. The Balaban J connectivity index is 1.62. The number of methoxy groups -OCH3 is 1. The highest BCUT2D eigenvalue weighted by atomic mass is 16.5. The summed E-state index contributed by atoms with van der Waals surface area (Å²) in [4.78, 5) is 36.0. The normalized spacial score (nSPS) is 14.3. The van der Waals surface area contributed by atoms with Crippen molar-refractivity contribution in [2.24, 2.45) is 13.0 Å². The van der Waals surface area contributed by atoms with Crippen molar-refractivity contribution in [1.29, 1.82) is 0 Å². The molecule has 1 aromatic carbocycles. The van der Waals surface area contributed by atoms with E-state index in [0.717, 1.165) is 24.0 Å². The van der Waals surface area contributed by atoms with Crippen molar-refractivity contribution in [3.05, 3.63) is 36.7 Å². The molecular formula is C19H22N4O4. The van der Waals surface area contributed by atoms with E-state index in [4.69, 9.17) is 0 Å². The lowest BCUT2D eigenvalue weighted by Crippen LogP contribution is -2.44. The Hall–Kier alpha value is -3.16. The van der Waals surface area contributed by atoms with Crippen molar-refractivity contribution in [2.75, 3.05) is 12.4 Å². The van der Waals surface area contributed by atoms with E-state index in [1.54, 1.807) is 29.1 Å². The molecule has 1 aliphatic rings. The molecule has 1 aromatic heterocycles. The van der Waals surface area contributed by atoms with Gasteiger partial charge >= 0.3 is 17.8 Å². The van der Waals surface area contributed by atoms with E-state index in [-0.39, 0.29) is 18.4 Å². The summed E-state index contributed by atoms with van der Waals surface area (Å²) < 4.78 is 6.34. The number of anilines is 1. The molecule has 2 aromatic rings. The quantitative estimate of drug-likeness (QED) is 0.592. The van der Waals surface area contributed by atoms with Gasteiger partial charge in [-0.3, -0.25) is 19.1 Å². The molecule has 0 radical (unpaired) electrons. The van der Waals surface area contributed by atoms with Crippen LogP contribution in [0.15, 0.2) is 36.7 Å². The lowest BCUT2D eigenvalue weighted by Gasteiger charge is -2.16. The smallest absolute Gasteiger partial charge is 0.313 e. The lowest BCUT2D eigenvalue weighted by molar-refractivity contribution is -0.142. The number of carbonyl (C=O) groups excluding carboxylic acids is 3. The van der Waals surface area contributed by atoms with Crippen molar-refractivity contribution in [3.63, 3.8) is 0 Å². The first-order valence-electron chi connectivity index (χ1n) is 8.74. The Morgan fingerprint density at radius 3 is 2.67 bits per heavy atom. The van der Waals surface area contributed by atoms with E-state index >= 15 is 0 Å². The van der Waals surface area contributed by atoms with Crippen LogP contribution in [0.2, 0.25) is 0 Å². The van der Waals surface area contributed by atoms with Crippen LogP contribution in [0.3, 0.4) is 0 Å². The van der Waals surface area contributed by atoms with Crippen molar-refractivity contribution in [1.82, 2.24) is 15.1 Å². The summed E-state index contributed by atoms with van der Waals surface area (Å²) >= 11 is 0. The van der Waals surface area contributed by atoms with Gasteiger partial charge in [-0.1, -0.05) is 12.1 Å². The first-order valence-corrected chi connectivity index (χ1v) is 8.74. The highest BCUT2D eigenvalue weighted by molar-refractivity contribution is 6.39. The summed E-state index contributed by atoms with van der Waals surface area (Å²) in [5.74, 6) is -1.72. The summed E-state index contributed by atoms with van der Waals surface area (Å²) in [6, 6.07) is 6.79. The average Bonchev–Trinajstić information content (AvgIpc) is 3.41. The predicted molar refractivity (Wildman–Crippen MR) is 98.6 cm³/mol. The van der Waals surface area contributed by atoms with Gasteiger partial charge in [-0.05, 0) is 36.5 Å². The van der Waals surface area contributed by atoms with E-state index < -0.39 is 17.8 Å². The molecule has 0 saturated heterocycles. The fraction of sp³-hybridized carbons (Fsp3) is 0.368. The van der Waals surface area contributed by atoms with Crippen LogP contribution in [-0.2, 0) is 26.2 Å². The largest absolute Gasteiger partial charge is 0.469 e. The van der Waals surface area contributed by atoms with Crippen molar-refractivity contribution in [2.45, 2.75) is 25.3 Å². The number of nitrogens with one attached hydrogen (secondary N) is 2. The Morgan fingerprint density at radius 1 is 1.26 bits per heavy atom. The van der Waals surface area contributed by atoms with E-state index in [0.29, 0.717) is 5.69 Å². The topological polar surface area (TPSA) is 102 Å². The van der Waals surface area contributed by atoms with Gasteiger partial charge in [0.15, 0.2) is 0 Å². The van der Waals surface area contributed by atoms with Crippen LogP contribution in [0.4, 0.5) is 5.69 Å². The Labute approximate surface area is 156 Å². The molecule has 8 nitrogen and oxygen atoms in total. The fourth-order valence-corrected chi connectivity index (χ4v) is 2.87. The molecular weight excluding hydrogens is 348 g/mol. The molecule has 3 rings (SSSR count). The Morgan fingerprint density at radius 2 is 2.04 bits per heavy atom. The minimum atomic E-state index is -0.770. The zero-order chi connectivity index (χ0) is 19.4. The number of aryl methyl sites for hydroxylation is 1. The summed E-state index contributed by atoms with van der Waals surface area (Å²) in [5, 5.41) is 9.37. The molecule has 2 amide bonds. The molecule has 27 heavy (non-hydrogen) atoms. The third kappa shape index (κ3) is 4.93. The van der Waals surface area contributed by atoms with Gasteiger partial charge in [0.2, 0.25) is 0 Å². The van der Waals surface area contributed by atoms with Crippen LogP contribution in [-0.4, -0.2) is 40.7 Å². The number of rotatable bonds is 6. The summed E-state index contributed by atoms with van der Waals surface area (Å²) in [7, 11) is 3.13. The standard InChI is InChI=1S/C19H22N4O4/c1-23-11-14(10-20-23)13-4-3-5-15(8-13)21-18(25)19(26)22-16(12-6-7-12)9-17(24)27-2/h3-5,8,10-12,16H,6-7,9H2,1-2H3,(H,21,25)(H,22,26). The van der Waals surface area contributed by atoms with Crippen molar-refractivity contribution >= 4 is 23.5 Å². The van der Waals surface area contributed by atoms with Crippen LogP contribution in [0.5, 0.6) is 0 Å². The molecule has 2 N–H and O–H groups in total. The Kier molecular flexibility index (Phi) is 5.54. The molecule has 1 fully saturated rings. The number of amides is 2. The van der Waals surface area contributed by atoms with Crippen LogP contribution < -0.4 is 10.6 Å². The first kappa shape index (κ1) is 18.6. The SMILES string of the molecule is COC(=O)CC(NC(=O)C(=O)Nc1cccc(-c2cnn(C)c2)c1)C1CC1. The van der Waals surface area contributed by atoms with Crippen LogP contribution in [0.25, 0.3) is 11.1 Å². The number of nitrogens with zero attached hydrogens (tertiary/aromatic N) is 2. The molecule has 0 bridgehead atoms. The molecule has 1 atom stereocenters. The third-order valence-corrected chi connectivity index (χ3v) is 4.49. The van der Waals surface area contributed by atoms with Crippen LogP contribution >= 0.6 is 0 Å². The lowest BCUT2D eigenvalue weighted by atomic mass is 10.1. The second-order valence-electron chi connectivity index (χ2n) is 6.64. The number of carbonyl (C=O) groups is 3. The highest BCUT2D eigenvalue weighted by Gasteiger charge is 2.35. The first-order chi connectivity index (χ1) is 13.0. The minimum absolute atomic E-state index is 0.0661. The summed E-state index contributed by atoms with van der Waals surface area (Å²) in [6.07, 6.45) is 5.51. The predicted octanol–water partition coefficient (Wildman–Crippen LogP) is 1.48. The van der Waals surface area contributed by atoms with Gasteiger partial charge in [0, 0.05) is 30.5 Å². The van der Waals surface area contributed by atoms with Gasteiger partial charge < -0.3 is 15.4 Å². The molecule has 1 heterocycles. The van der Waals surface area contributed by atoms with Crippen molar-refractivity contribution in [3.8, 4) is 11.1 Å². The van der Waals surface area contributed by atoms with E-state index in [1.807, 2.05) is 19.3 Å². The molecule has 142 valence electrons. The number of esters is 1. The molecule has 1 aliphatic carbocycles. The van der Waals surface area contributed by atoms with Gasteiger partial charge in [0.1, 0.15) is 0 Å². The maximum absolute atomic E-state index is 12.2. The summed E-state index contributed by atoms with van der Waals surface area (Å²) in [6.45, 7) is 0. The van der Waals surface area contributed by atoms with Crippen LogP contribution in [0, 0.1) is 5.92 Å². The van der Waals surface area contributed by atoms with E-state index in [9.17, 15) is 14.4 Å². The highest BCUT2D eigenvalue weighted by Crippen LogP contribution is 2.34. The van der Waals surface area contributed by atoms with Crippen molar-refractivity contribution < 1.29 is 19.1 Å². The van der Waals surface area contributed by atoms with E-state index in [1.165, 1.54) is 7.11 Å². The summed E-state index contributed by atoms with van der Waals surface area (Å²) in [5.41, 5.74) is 2.29. The van der Waals surface area contributed by atoms with Gasteiger partial charge in [0.25, 0.3) is 0 Å². The maximum atomic E-state index is 12.2. The minimum Gasteiger partial charge on any atom is -0.469 e. The molecule has 1 saturated carbocycles. The fourth-order valence-electron chi connectivity index (χ4n) is 2.87. The molecule has 0 spiro atoms. The zero-order valence-corrected chi connectivity index (χ0v) is 15.3. The number of benzene rings is 1. The maximum Gasteiger partial charge on any atom is 0.313 e. The monoisotopic (exact) mass is 370 g/mol. The average molecular weight is 370 g/mol. The number of ether oxygens (including phenoxy) is 1. The van der Waals surface area contributed by atoms with E-state index in [2.05, 4.69) is 20.5 Å². The van der Waals surface area contributed by atoms with Gasteiger partial charge in [-0.2, -0.15) is 5.10 Å². The Bertz CT molecular complexity index is 857. The second kappa shape index (κ2) is 8.03.